The lowest BCUT2D eigenvalue weighted by Crippen LogP contribution is -2.53. The zero-order valence-electron chi connectivity index (χ0n) is 12.8. The van der Waals surface area contributed by atoms with Gasteiger partial charge in [-0.3, -0.25) is 4.79 Å². The van der Waals surface area contributed by atoms with Crippen LogP contribution in [0.4, 0.5) is 10.5 Å². The van der Waals surface area contributed by atoms with E-state index in [1.807, 2.05) is 4.90 Å². The second kappa shape index (κ2) is 6.98. The van der Waals surface area contributed by atoms with E-state index in [1.165, 1.54) is 0 Å². The Morgan fingerprint density at radius 2 is 1.86 bits per heavy atom. The van der Waals surface area contributed by atoms with E-state index in [-0.39, 0.29) is 29.8 Å². The number of piperidine rings is 1. The van der Waals surface area contributed by atoms with Crippen LogP contribution in [0.5, 0.6) is 0 Å². The van der Waals surface area contributed by atoms with Crippen molar-refractivity contribution in [1.29, 1.82) is 0 Å². The fourth-order valence-electron chi connectivity index (χ4n) is 2.57. The molecule has 0 aromatic heterocycles. The second-order valence-corrected chi connectivity index (χ2v) is 6.18. The smallest absolute Gasteiger partial charge is 0.316 e. The van der Waals surface area contributed by atoms with Gasteiger partial charge in [0.1, 0.15) is 0 Å². The number of carbonyl (C=O) groups is 2. The highest BCUT2D eigenvalue weighted by Crippen LogP contribution is 2.28. The molecule has 0 spiro atoms. The number of hydrogen-bond donors (Lipinski definition) is 3. The summed E-state index contributed by atoms with van der Waals surface area (Å²) in [5, 5.41) is 2.47. The van der Waals surface area contributed by atoms with Crippen LogP contribution < -0.4 is 16.8 Å². The number of likely N-dealkylation sites (tertiary alicyclic amines) is 1. The normalized spacial score (nSPS) is 20.0. The van der Waals surface area contributed by atoms with Gasteiger partial charge in [0.05, 0.1) is 0 Å². The zero-order valence-corrected chi connectivity index (χ0v) is 13.7. The van der Waals surface area contributed by atoms with Crippen LogP contribution in [0.3, 0.4) is 0 Å². The number of hydrogen-bond acceptors (Lipinski definition) is 3. The maximum Gasteiger partial charge on any atom is 0.316 e. The summed E-state index contributed by atoms with van der Waals surface area (Å²) in [5.74, 6) is -0.0133. The van der Waals surface area contributed by atoms with E-state index in [9.17, 15) is 9.59 Å². The molecule has 0 saturated carbocycles. The molecule has 1 heterocycles. The molecule has 5 N–H and O–H groups in total. The quantitative estimate of drug-likeness (QED) is 0.772. The topological polar surface area (TPSA) is 101 Å². The maximum absolute atomic E-state index is 12.5. The number of nitrogens with two attached hydrogens (primary N) is 2. The lowest BCUT2D eigenvalue weighted by Gasteiger charge is -2.42. The Bertz CT molecular complexity index is 545. The van der Waals surface area contributed by atoms with Gasteiger partial charge in [-0.25, -0.2) is 4.79 Å². The van der Waals surface area contributed by atoms with Gasteiger partial charge in [0.15, 0.2) is 0 Å². The molecule has 1 atom stereocenters. The third kappa shape index (κ3) is 4.11. The van der Waals surface area contributed by atoms with Gasteiger partial charge in [0.2, 0.25) is 0 Å². The van der Waals surface area contributed by atoms with Crippen LogP contribution >= 0.6 is 12.4 Å². The Hall–Kier alpha value is -1.79. The number of anilines is 1. The van der Waals surface area contributed by atoms with Gasteiger partial charge in [0, 0.05) is 30.4 Å². The summed E-state index contributed by atoms with van der Waals surface area (Å²) < 4.78 is 0. The summed E-state index contributed by atoms with van der Waals surface area (Å²) in [7, 11) is 0. The standard InChI is InChI=1S/C15H22N4O2.ClH/c1-15(2)9-19(8-7-12(15)16)13(20)10-3-5-11(6-4-10)18-14(17)21;/h3-6,12H,7-9,16H2,1-2H3,(H3,17,18,21);1H. The minimum atomic E-state index is -0.624. The molecule has 1 fully saturated rings. The Kier molecular flexibility index (Phi) is 5.79. The first-order valence-corrected chi connectivity index (χ1v) is 7.01. The number of nitrogens with one attached hydrogen (secondary N) is 1. The summed E-state index contributed by atoms with van der Waals surface area (Å²) in [5.41, 5.74) is 12.2. The third-order valence-electron chi connectivity index (χ3n) is 4.00. The molecule has 2 rings (SSSR count). The number of primary amides is 1. The minimum Gasteiger partial charge on any atom is -0.351 e. The van der Waals surface area contributed by atoms with E-state index in [0.29, 0.717) is 24.3 Å². The van der Waals surface area contributed by atoms with Gasteiger partial charge < -0.3 is 21.7 Å². The van der Waals surface area contributed by atoms with Gasteiger partial charge in [-0.15, -0.1) is 12.4 Å². The van der Waals surface area contributed by atoms with E-state index < -0.39 is 6.03 Å². The predicted molar refractivity (Wildman–Crippen MR) is 89.2 cm³/mol. The Morgan fingerprint density at radius 3 is 2.36 bits per heavy atom. The van der Waals surface area contributed by atoms with Crippen molar-refractivity contribution in [3.05, 3.63) is 29.8 Å². The summed E-state index contributed by atoms with van der Waals surface area (Å²) in [6.07, 6.45) is 0.806. The molecule has 7 heteroatoms. The average molecular weight is 327 g/mol. The second-order valence-electron chi connectivity index (χ2n) is 6.18. The van der Waals surface area contributed by atoms with Crippen molar-refractivity contribution in [2.75, 3.05) is 18.4 Å². The molecule has 1 saturated heterocycles. The monoisotopic (exact) mass is 326 g/mol. The molecule has 3 amide bonds. The minimum absolute atomic E-state index is 0. The van der Waals surface area contributed by atoms with Crippen LogP contribution in [0.1, 0.15) is 30.6 Å². The molecule has 0 aliphatic carbocycles. The summed E-state index contributed by atoms with van der Waals surface area (Å²) in [4.78, 5) is 25.1. The number of carbonyl (C=O) groups excluding carboxylic acids is 2. The molecular weight excluding hydrogens is 304 g/mol. The number of nitrogens with zero attached hydrogens (tertiary/aromatic N) is 1. The first-order valence-electron chi connectivity index (χ1n) is 7.01. The van der Waals surface area contributed by atoms with Crippen molar-refractivity contribution in [3.63, 3.8) is 0 Å². The lowest BCUT2D eigenvalue weighted by molar-refractivity contribution is 0.0533. The fraction of sp³-hybridized carbons (Fsp3) is 0.467. The van der Waals surface area contributed by atoms with Gasteiger partial charge in [-0.2, -0.15) is 0 Å². The average Bonchev–Trinajstić information content (AvgIpc) is 2.41. The Morgan fingerprint density at radius 1 is 1.27 bits per heavy atom. The maximum atomic E-state index is 12.5. The molecule has 1 aromatic rings. The number of halogens is 1. The van der Waals surface area contributed by atoms with Crippen LogP contribution in [0.15, 0.2) is 24.3 Å². The van der Waals surface area contributed by atoms with Crippen molar-refractivity contribution in [3.8, 4) is 0 Å². The van der Waals surface area contributed by atoms with Crippen molar-refractivity contribution in [2.45, 2.75) is 26.3 Å². The zero-order chi connectivity index (χ0) is 15.6. The van der Waals surface area contributed by atoms with Crippen molar-refractivity contribution in [1.82, 2.24) is 4.90 Å². The molecule has 0 radical (unpaired) electrons. The SMILES string of the molecule is CC1(C)CN(C(=O)c2ccc(NC(N)=O)cc2)CCC1N.Cl. The van der Waals surface area contributed by atoms with Gasteiger partial charge >= 0.3 is 6.03 Å². The van der Waals surface area contributed by atoms with Crippen molar-refractivity contribution >= 4 is 30.0 Å². The Labute approximate surface area is 136 Å². The van der Waals surface area contributed by atoms with Crippen LogP contribution in [0.2, 0.25) is 0 Å². The molecule has 1 aliphatic heterocycles. The summed E-state index contributed by atoms with van der Waals surface area (Å²) >= 11 is 0. The van der Waals surface area contributed by atoms with Crippen LogP contribution in [0.25, 0.3) is 0 Å². The first kappa shape index (κ1) is 18.3. The third-order valence-corrected chi connectivity index (χ3v) is 4.00. The number of urea groups is 1. The van der Waals surface area contributed by atoms with E-state index in [0.717, 1.165) is 6.42 Å². The molecule has 1 aromatic carbocycles. The van der Waals surface area contributed by atoms with Crippen LogP contribution in [-0.4, -0.2) is 36.0 Å². The lowest BCUT2D eigenvalue weighted by atomic mass is 9.79. The molecule has 22 heavy (non-hydrogen) atoms. The van der Waals surface area contributed by atoms with E-state index in [4.69, 9.17) is 11.5 Å². The van der Waals surface area contributed by atoms with Crippen molar-refractivity contribution in [2.24, 2.45) is 16.9 Å². The molecule has 122 valence electrons. The molecule has 1 unspecified atom stereocenters. The number of rotatable bonds is 2. The van der Waals surface area contributed by atoms with Gasteiger partial charge in [-0.05, 0) is 36.1 Å². The largest absolute Gasteiger partial charge is 0.351 e. The number of amides is 3. The summed E-state index contributed by atoms with van der Waals surface area (Å²) in [6.45, 7) is 5.48. The van der Waals surface area contributed by atoms with E-state index >= 15 is 0 Å². The highest BCUT2D eigenvalue weighted by atomic mass is 35.5. The Balaban J connectivity index is 0.00000242. The molecule has 6 nitrogen and oxygen atoms in total. The molecule has 0 bridgehead atoms. The highest BCUT2D eigenvalue weighted by Gasteiger charge is 2.35. The highest BCUT2D eigenvalue weighted by molar-refractivity contribution is 5.95. The molecular formula is C15H23ClN4O2. The van der Waals surface area contributed by atoms with Crippen molar-refractivity contribution < 1.29 is 9.59 Å². The van der Waals surface area contributed by atoms with Crippen LogP contribution in [0, 0.1) is 5.41 Å². The van der Waals surface area contributed by atoms with Crippen LogP contribution in [-0.2, 0) is 0 Å². The predicted octanol–water partition coefficient (Wildman–Crippen LogP) is 1.80. The van der Waals surface area contributed by atoms with Gasteiger partial charge in [0.25, 0.3) is 5.91 Å². The first-order chi connectivity index (χ1) is 9.79. The van der Waals surface area contributed by atoms with Gasteiger partial charge in [-0.1, -0.05) is 13.8 Å². The van der Waals surface area contributed by atoms with E-state index in [2.05, 4.69) is 19.2 Å². The molecule has 1 aliphatic rings. The fourth-order valence-corrected chi connectivity index (χ4v) is 2.57. The van der Waals surface area contributed by atoms with E-state index in [1.54, 1.807) is 24.3 Å². The number of benzene rings is 1. The summed E-state index contributed by atoms with van der Waals surface area (Å²) in [6, 6.07) is 6.20.